The van der Waals surface area contributed by atoms with Gasteiger partial charge in [-0.25, -0.2) is 0 Å². The van der Waals surface area contributed by atoms with Crippen molar-refractivity contribution in [2.75, 3.05) is 32.9 Å². The van der Waals surface area contributed by atoms with Crippen LogP contribution in [0.5, 0.6) is 5.75 Å². The predicted molar refractivity (Wildman–Crippen MR) is 133 cm³/mol. The third-order valence-corrected chi connectivity index (χ3v) is 7.41. The van der Waals surface area contributed by atoms with Gasteiger partial charge < -0.3 is 14.5 Å². The molecule has 5 rings (SSSR count). The minimum Gasteiger partial charge on any atom is -0.487 e. The molecule has 12 heteroatoms. The predicted octanol–water partition coefficient (Wildman–Crippen LogP) is 5.92. The Hall–Kier alpha value is -2.83. The summed E-state index contributed by atoms with van der Waals surface area (Å²) in [6, 6.07) is 8.99. The van der Waals surface area contributed by atoms with Crippen LogP contribution in [0.1, 0.15) is 31.0 Å². The number of aromatic nitrogens is 2. The summed E-state index contributed by atoms with van der Waals surface area (Å²) in [7, 11) is 0. The summed E-state index contributed by atoms with van der Waals surface area (Å²) in [6.07, 6.45) is -2.01. The zero-order chi connectivity index (χ0) is 27.8. The molecule has 0 spiro atoms. The van der Waals surface area contributed by atoms with E-state index >= 15 is 0 Å². The van der Waals surface area contributed by atoms with Crippen LogP contribution in [-0.2, 0) is 17.7 Å². The molecule has 0 aliphatic carbocycles. The molecule has 2 aromatic heterocycles. The second kappa shape index (κ2) is 11.0. The van der Waals surface area contributed by atoms with Gasteiger partial charge in [0.1, 0.15) is 23.3 Å². The molecule has 2 aliphatic heterocycles. The van der Waals surface area contributed by atoms with Crippen LogP contribution >= 0.6 is 0 Å². The first-order valence-corrected chi connectivity index (χ1v) is 12.9. The zero-order valence-electron chi connectivity index (χ0n) is 21.4. The van der Waals surface area contributed by atoms with Crippen molar-refractivity contribution >= 4 is 10.9 Å². The van der Waals surface area contributed by atoms with E-state index in [1.165, 1.54) is 6.92 Å². The molecule has 3 aromatic rings. The normalized spacial score (nSPS) is 22.6. The Morgan fingerprint density at radius 2 is 2.03 bits per heavy atom. The fraction of sp³-hybridized carbons (Fsp3) is 0.519. The summed E-state index contributed by atoms with van der Waals surface area (Å²) in [5.74, 6) is 0.540. The quantitative estimate of drug-likeness (QED) is 0.332. The molecule has 2 atom stereocenters. The van der Waals surface area contributed by atoms with Crippen molar-refractivity contribution in [3.8, 4) is 17.0 Å². The maximum atomic E-state index is 13.4. The summed E-state index contributed by atoms with van der Waals surface area (Å²) in [5, 5.41) is 0.683. The van der Waals surface area contributed by atoms with Gasteiger partial charge in [0.2, 0.25) is 0 Å². The molecule has 0 saturated carbocycles. The molecule has 2 unspecified atom stereocenters. The van der Waals surface area contributed by atoms with E-state index in [1.807, 2.05) is 6.07 Å². The number of H-pyrrole nitrogens is 1. The lowest BCUT2D eigenvalue weighted by atomic mass is 9.91. The number of pyridine rings is 1. The number of alkyl halides is 6. The van der Waals surface area contributed by atoms with Gasteiger partial charge in [0.05, 0.1) is 13.2 Å². The summed E-state index contributed by atoms with van der Waals surface area (Å²) in [6.45, 7) is -1.85. The third kappa shape index (κ3) is 6.02. The van der Waals surface area contributed by atoms with Crippen LogP contribution < -0.4 is 4.74 Å². The van der Waals surface area contributed by atoms with Gasteiger partial charge in [-0.1, -0.05) is 12.1 Å². The number of fused-ring (bicyclic) bond motifs is 3. The van der Waals surface area contributed by atoms with Gasteiger partial charge in [0.25, 0.3) is 0 Å². The molecule has 1 fully saturated rings. The lowest BCUT2D eigenvalue weighted by molar-refractivity contribution is -0.278. The smallest absolute Gasteiger partial charge is 0.401 e. The molecule has 1 aromatic carbocycles. The number of hydrogen-bond acceptors (Lipinski definition) is 5. The standard InChI is InChI=1S/C27H30F6N4O2/c1-26(39-25(29)30)13-19-21(15-37(26)16-27(31,32)33)35-20-6-2-5-18(23(19)20)24-22(7-3-10-34-24)38-17-8-12-36(14-17)11-4-9-28/h2-3,5-7,10,17,25,35H,4,8-9,11-16H2,1H3. The molecule has 1 N–H and O–H groups in total. The molecule has 6 nitrogen and oxygen atoms in total. The second-order valence-corrected chi connectivity index (χ2v) is 10.2. The minimum atomic E-state index is -4.59. The molecule has 212 valence electrons. The van der Waals surface area contributed by atoms with Crippen LogP contribution in [0.25, 0.3) is 22.2 Å². The average Bonchev–Trinajstić information content (AvgIpc) is 3.45. The topological polar surface area (TPSA) is 53.6 Å². The highest BCUT2D eigenvalue weighted by Gasteiger charge is 2.46. The van der Waals surface area contributed by atoms with E-state index in [4.69, 9.17) is 9.47 Å². The molecule has 0 bridgehead atoms. The van der Waals surface area contributed by atoms with Gasteiger partial charge in [-0.05, 0) is 43.5 Å². The van der Waals surface area contributed by atoms with Crippen LogP contribution in [0.3, 0.4) is 0 Å². The van der Waals surface area contributed by atoms with E-state index < -0.39 is 25.1 Å². The van der Waals surface area contributed by atoms with E-state index in [2.05, 4.69) is 14.9 Å². The largest absolute Gasteiger partial charge is 0.487 e. The van der Waals surface area contributed by atoms with Gasteiger partial charge in [-0.2, -0.15) is 22.0 Å². The fourth-order valence-electron chi connectivity index (χ4n) is 5.69. The maximum Gasteiger partial charge on any atom is 0.401 e. The maximum absolute atomic E-state index is 13.4. The van der Waals surface area contributed by atoms with E-state index in [0.29, 0.717) is 58.7 Å². The molecule has 1 saturated heterocycles. The minimum absolute atomic E-state index is 0.106. The Morgan fingerprint density at radius 3 is 2.77 bits per heavy atom. The van der Waals surface area contributed by atoms with Gasteiger partial charge in [-0.15, -0.1) is 0 Å². The number of benzene rings is 1. The fourth-order valence-corrected chi connectivity index (χ4v) is 5.69. The van der Waals surface area contributed by atoms with Gasteiger partial charge in [0, 0.05) is 61.0 Å². The number of nitrogens with zero attached hydrogens (tertiary/aromatic N) is 3. The molecule has 0 radical (unpaired) electrons. The number of hydrogen-bond donors (Lipinski definition) is 1. The lowest BCUT2D eigenvalue weighted by Gasteiger charge is -2.44. The van der Waals surface area contributed by atoms with Crippen LogP contribution in [0, 0.1) is 0 Å². The molecule has 39 heavy (non-hydrogen) atoms. The number of aromatic amines is 1. The summed E-state index contributed by atoms with van der Waals surface area (Å²) in [5.41, 5.74) is 1.11. The number of rotatable bonds is 9. The van der Waals surface area contributed by atoms with Crippen molar-refractivity contribution in [1.82, 2.24) is 19.8 Å². The number of likely N-dealkylation sites (tertiary alicyclic amines) is 1. The third-order valence-electron chi connectivity index (χ3n) is 7.41. The highest BCUT2D eigenvalue weighted by Crippen LogP contribution is 2.43. The number of nitrogens with one attached hydrogen (secondary N) is 1. The number of halogens is 6. The van der Waals surface area contributed by atoms with Crippen molar-refractivity contribution in [2.45, 2.75) is 57.3 Å². The van der Waals surface area contributed by atoms with Crippen molar-refractivity contribution in [1.29, 1.82) is 0 Å². The molecular formula is C27H30F6N4O2. The first-order valence-electron chi connectivity index (χ1n) is 12.9. The van der Waals surface area contributed by atoms with Gasteiger partial charge in [0.15, 0.2) is 0 Å². The first kappa shape index (κ1) is 27.7. The summed E-state index contributed by atoms with van der Waals surface area (Å²) >= 11 is 0. The summed E-state index contributed by atoms with van der Waals surface area (Å²) < 4.78 is 90.6. The van der Waals surface area contributed by atoms with Crippen molar-refractivity contribution in [3.63, 3.8) is 0 Å². The average molecular weight is 557 g/mol. The Bertz CT molecular complexity index is 1300. The highest BCUT2D eigenvalue weighted by atomic mass is 19.4. The van der Waals surface area contributed by atoms with Crippen LogP contribution in [0.2, 0.25) is 0 Å². The van der Waals surface area contributed by atoms with E-state index in [1.54, 1.807) is 30.5 Å². The molecule has 0 amide bonds. The van der Waals surface area contributed by atoms with Crippen LogP contribution in [0.15, 0.2) is 36.5 Å². The molecule has 4 heterocycles. The Labute approximate surface area is 221 Å². The second-order valence-electron chi connectivity index (χ2n) is 10.2. The van der Waals surface area contributed by atoms with E-state index in [9.17, 15) is 26.3 Å². The Kier molecular flexibility index (Phi) is 7.80. The zero-order valence-corrected chi connectivity index (χ0v) is 21.4. The van der Waals surface area contributed by atoms with Gasteiger partial charge >= 0.3 is 12.8 Å². The monoisotopic (exact) mass is 556 g/mol. The van der Waals surface area contributed by atoms with Crippen molar-refractivity contribution in [2.24, 2.45) is 0 Å². The number of ether oxygens (including phenoxy) is 2. The first-order chi connectivity index (χ1) is 18.6. The molecular weight excluding hydrogens is 526 g/mol. The Morgan fingerprint density at radius 1 is 1.21 bits per heavy atom. The SMILES string of the molecule is CC1(OC(F)F)Cc2c([nH]c3cccc(-c4ncccc4OC4CCN(CCCF)C4)c23)CN1CC(F)(F)F. The highest BCUT2D eigenvalue weighted by molar-refractivity contribution is 5.99. The molecule has 2 aliphatic rings. The van der Waals surface area contributed by atoms with Crippen molar-refractivity contribution in [3.05, 3.63) is 47.8 Å². The van der Waals surface area contributed by atoms with Crippen LogP contribution in [0.4, 0.5) is 26.3 Å². The van der Waals surface area contributed by atoms with E-state index in [-0.39, 0.29) is 25.7 Å². The van der Waals surface area contributed by atoms with Crippen LogP contribution in [-0.4, -0.2) is 77.2 Å². The van der Waals surface area contributed by atoms with Gasteiger partial charge in [-0.3, -0.25) is 19.2 Å². The van der Waals surface area contributed by atoms with Crippen molar-refractivity contribution < 1.29 is 35.8 Å². The Balaban J connectivity index is 1.51. The summed E-state index contributed by atoms with van der Waals surface area (Å²) in [4.78, 5) is 10.8. The van der Waals surface area contributed by atoms with E-state index in [0.717, 1.165) is 17.9 Å². The lowest BCUT2D eigenvalue weighted by Crippen LogP contribution is -2.56.